The molecule has 0 bridgehead atoms. The molecule has 0 N–H and O–H groups in total. The molecule has 0 spiro atoms. The van der Waals surface area contributed by atoms with Gasteiger partial charge in [-0.2, -0.15) is 0 Å². The van der Waals surface area contributed by atoms with Crippen molar-refractivity contribution < 1.29 is 14.2 Å². The summed E-state index contributed by atoms with van der Waals surface area (Å²) < 4.78 is 16.3. The van der Waals surface area contributed by atoms with Gasteiger partial charge in [0.1, 0.15) is 11.5 Å². The Morgan fingerprint density at radius 3 is 2.33 bits per heavy atom. The van der Waals surface area contributed by atoms with Gasteiger partial charge in [-0.15, -0.1) is 0 Å². The molecule has 0 aromatic heterocycles. The topological polar surface area (TPSA) is 27.7 Å². The summed E-state index contributed by atoms with van der Waals surface area (Å²) in [7, 11) is 3.38. The largest absolute Gasteiger partial charge is 0.496 e. The zero-order valence-electron chi connectivity index (χ0n) is 9.37. The second-order valence-electron chi connectivity index (χ2n) is 3.75. The van der Waals surface area contributed by atoms with E-state index >= 15 is 0 Å². The molecule has 82 valence electrons. The van der Waals surface area contributed by atoms with E-state index in [4.69, 9.17) is 14.2 Å². The molecule has 1 aromatic carbocycles. The van der Waals surface area contributed by atoms with E-state index in [0.717, 1.165) is 23.5 Å². The molecule has 0 amide bonds. The fourth-order valence-corrected chi connectivity index (χ4v) is 1.99. The molecule has 0 radical (unpaired) electrons. The smallest absolute Gasteiger partial charge is 0.124 e. The summed E-state index contributed by atoms with van der Waals surface area (Å²) in [5, 5.41) is 0. The van der Waals surface area contributed by atoms with Crippen molar-refractivity contribution in [2.75, 3.05) is 14.2 Å². The fourth-order valence-electron chi connectivity index (χ4n) is 1.99. The molecular weight excluding hydrogens is 192 g/mol. The van der Waals surface area contributed by atoms with Crippen LogP contribution in [0.2, 0.25) is 0 Å². The van der Waals surface area contributed by atoms with Crippen LogP contribution in [0.15, 0.2) is 12.1 Å². The van der Waals surface area contributed by atoms with Crippen LogP contribution in [0.1, 0.15) is 18.1 Å². The van der Waals surface area contributed by atoms with Crippen LogP contribution < -0.4 is 9.47 Å². The Labute approximate surface area is 90.0 Å². The highest BCUT2D eigenvalue weighted by molar-refractivity contribution is 5.49. The maximum Gasteiger partial charge on any atom is 0.124 e. The normalized spacial score (nSPS) is 19.5. The number of methoxy groups -OCH3 is 2. The SMILES string of the molecule is COc1ccc(OC)c2c1COC(C)C2. The molecule has 1 aromatic rings. The number of rotatable bonds is 2. The van der Waals surface area contributed by atoms with Crippen molar-refractivity contribution in [1.29, 1.82) is 0 Å². The first kappa shape index (κ1) is 10.3. The van der Waals surface area contributed by atoms with Crippen molar-refractivity contribution >= 4 is 0 Å². The van der Waals surface area contributed by atoms with Crippen LogP contribution in [0.4, 0.5) is 0 Å². The summed E-state index contributed by atoms with van der Waals surface area (Å²) in [6.45, 7) is 2.68. The van der Waals surface area contributed by atoms with Crippen molar-refractivity contribution in [1.82, 2.24) is 0 Å². The highest BCUT2D eigenvalue weighted by Crippen LogP contribution is 2.35. The van der Waals surface area contributed by atoms with E-state index in [2.05, 4.69) is 6.92 Å². The predicted molar refractivity (Wildman–Crippen MR) is 57.5 cm³/mol. The lowest BCUT2D eigenvalue weighted by molar-refractivity contribution is 0.0387. The zero-order valence-corrected chi connectivity index (χ0v) is 9.37. The molecule has 1 atom stereocenters. The first-order valence-electron chi connectivity index (χ1n) is 5.10. The van der Waals surface area contributed by atoms with Gasteiger partial charge >= 0.3 is 0 Å². The second kappa shape index (κ2) is 4.11. The Hall–Kier alpha value is -1.22. The number of hydrogen-bond acceptors (Lipinski definition) is 3. The molecule has 3 nitrogen and oxygen atoms in total. The summed E-state index contributed by atoms with van der Waals surface area (Å²) in [5.41, 5.74) is 2.34. The molecular formula is C12H16O3. The third kappa shape index (κ3) is 1.79. The lowest BCUT2D eigenvalue weighted by Crippen LogP contribution is -2.20. The summed E-state index contributed by atoms with van der Waals surface area (Å²) in [6.07, 6.45) is 1.13. The first-order valence-corrected chi connectivity index (χ1v) is 5.10. The molecule has 1 unspecified atom stereocenters. The highest BCUT2D eigenvalue weighted by Gasteiger charge is 2.22. The number of hydrogen-bond donors (Lipinski definition) is 0. The Kier molecular flexibility index (Phi) is 2.82. The quantitative estimate of drug-likeness (QED) is 0.745. The summed E-state index contributed by atoms with van der Waals surface area (Å²) in [5.74, 6) is 1.82. The monoisotopic (exact) mass is 208 g/mol. The van der Waals surface area contributed by atoms with Gasteiger partial charge in [0.15, 0.2) is 0 Å². The minimum Gasteiger partial charge on any atom is -0.496 e. The van der Waals surface area contributed by atoms with Gasteiger partial charge in [-0.25, -0.2) is 0 Å². The molecule has 2 rings (SSSR count). The number of benzene rings is 1. The van der Waals surface area contributed by atoms with Gasteiger partial charge in [-0.05, 0) is 19.1 Å². The van der Waals surface area contributed by atoms with E-state index in [-0.39, 0.29) is 6.10 Å². The average molecular weight is 208 g/mol. The van der Waals surface area contributed by atoms with E-state index in [0.29, 0.717) is 6.61 Å². The molecule has 1 aliphatic rings. The van der Waals surface area contributed by atoms with E-state index in [1.54, 1.807) is 14.2 Å². The van der Waals surface area contributed by atoms with Crippen molar-refractivity contribution in [3.8, 4) is 11.5 Å². The van der Waals surface area contributed by atoms with Crippen LogP contribution in [0, 0.1) is 0 Å². The third-order valence-corrected chi connectivity index (χ3v) is 2.79. The van der Waals surface area contributed by atoms with Crippen LogP contribution >= 0.6 is 0 Å². The van der Waals surface area contributed by atoms with Gasteiger partial charge in [0.05, 0.1) is 26.9 Å². The van der Waals surface area contributed by atoms with E-state index in [9.17, 15) is 0 Å². The Morgan fingerprint density at radius 2 is 1.73 bits per heavy atom. The molecule has 0 aliphatic carbocycles. The van der Waals surface area contributed by atoms with Crippen LogP contribution in [-0.2, 0) is 17.8 Å². The van der Waals surface area contributed by atoms with Gasteiger partial charge in [-0.1, -0.05) is 0 Å². The lowest BCUT2D eigenvalue weighted by atomic mass is 9.98. The summed E-state index contributed by atoms with van der Waals surface area (Å²) >= 11 is 0. The zero-order chi connectivity index (χ0) is 10.8. The van der Waals surface area contributed by atoms with Crippen LogP contribution in [0.5, 0.6) is 11.5 Å². The lowest BCUT2D eigenvalue weighted by Gasteiger charge is -2.25. The van der Waals surface area contributed by atoms with Crippen molar-refractivity contribution in [3.05, 3.63) is 23.3 Å². The number of fused-ring (bicyclic) bond motifs is 1. The molecule has 1 heterocycles. The van der Waals surface area contributed by atoms with Crippen molar-refractivity contribution in [3.63, 3.8) is 0 Å². The Bertz CT molecular complexity index is 360. The van der Waals surface area contributed by atoms with Crippen molar-refractivity contribution in [2.24, 2.45) is 0 Å². The van der Waals surface area contributed by atoms with E-state index < -0.39 is 0 Å². The minimum absolute atomic E-state index is 0.249. The second-order valence-corrected chi connectivity index (χ2v) is 3.75. The van der Waals surface area contributed by atoms with Crippen LogP contribution in [0.25, 0.3) is 0 Å². The maximum absolute atomic E-state index is 5.61. The molecule has 0 saturated heterocycles. The third-order valence-electron chi connectivity index (χ3n) is 2.79. The highest BCUT2D eigenvalue weighted by atomic mass is 16.5. The summed E-state index contributed by atoms with van der Waals surface area (Å²) in [6, 6.07) is 3.88. The van der Waals surface area contributed by atoms with E-state index in [1.165, 1.54) is 5.56 Å². The van der Waals surface area contributed by atoms with Crippen LogP contribution in [0.3, 0.4) is 0 Å². The van der Waals surface area contributed by atoms with Crippen molar-refractivity contribution in [2.45, 2.75) is 26.1 Å². The molecule has 15 heavy (non-hydrogen) atoms. The number of ether oxygens (including phenoxy) is 3. The Morgan fingerprint density at radius 1 is 1.13 bits per heavy atom. The minimum atomic E-state index is 0.249. The standard InChI is InChI=1S/C12H16O3/c1-8-6-9-10(7-15-8)12(14-3)5-4-11(9)13-2/h4-5,8H,6-7H2,1-3H3. The Balaban J connectivity index is 2.48. The van der Waals surface area contributed by atoms with Gasteiger partial charge in [0, 0.05) is 17.5 Å². The molecule has 1 aliphatic heterocycles. The van der Waals surface area contributed by atoms with E-state index in [1.807, 2.05) is 12.1 Å². The molecule has 0 fully saturated rings. The van der Waals surface area contributed by atoms with Crippen LogP contribution in [-0.4, -0.2) is 20.3 Å². The van der Waals surface area contributed by atoms with Gasteiger partial charge < -0.3 is 14.2 Å². The van der Waals surface area contributed by atoms with Gasteiger partial charge in [-0.3, -0.25) is 0 Å². The predicted octanol–water partition coefficient (Wildman–Crippen LogP) is 2.17. The maximum atomic E-state index is 5.61. The summed E-state index contributed by atoms with van der Waals surface area (Å²) in [4.78, 5) is 0. The fraction of sp³-hybridized carbons (Fsp3) is 0.500. The average Bonchev–Trinajstić information content (AvgIpc) is 2.27. The van der Waals surface area contributed by atoms with Gasteiger partial charge in [0.25, 0.3) is 0 Å². The van der Waals surface area contributed by atoms with Gasteiger partial charge in [0.2, 0.25) is 0 Å². The first-order chi connectivity index (χ1) is 7.26. The molecule has 0 saturated carbocycles. The molecule has 3 heteroatoms.